The van der Waals surface area contributed by atoms with Gasteiger partial charge in [-0.25, -0.2) is 4.98 Å². The van der Waals surface area contributed by atoms with Crippen molar-refractivity contribution in [2.24, 2.45) is 5.92 Å². The molecule has 2 heterocycles. The Balaban J connectivity index is 1.69. The molecule has 0 bridgehead atoms. The van der Waals surface area contributed by atoms with Crippen LogP contribution in [0.1, 0.15) is 29.8 Å². The molecule has 3 rings (SSSR count). The Hall–Kier alpha value is -2.93. The van der Waals surface area contributed by atoms with Crippen LogP contribution in [0.3, 0.4) is 0 Å². The number of carbonyl (C=O) groups is 2. The van der Waals surface area contributed by atoms with Gasteiger partial charge in [0.25, 0.3) is 5.91 Å². The number of H-pyrrole nitrogens is 1. The monoisotopic (exact) mass is 382 g/mol. The van der Waals surface area contributed by atoms with Gasteiger partial charge in [0.15, 0.2) is 5.13 Å². The second kappa shape index (κ2) is 8.18. The van der Waals surface area contributed by atoms with Gasteiger partial charge in [-0.2, -0.15) is 0 Å². The molecule has 0 saturated carbocycles. The molecule has 140 valence electrons. The van der Waals surface area contributed by atoms with Crippen molar-refractivity contribution in [2.75, 3.05) is 5.32 Å². The highest BCUT2D eigenvalue weighted by Crippen LogP contribution is 2.23. The lowest BCUT2D eigenvalue weighted by molar-refractivity contribution is -0.118. The maximum atomic E-state index is 12.7. The van der Waals surface area contributed by atoms with Crippen molar-refractivity contribution in [3.05, 3.63) is 59.1 Å². The molecule has 0 radical (unpaired) electrons. The summed E-state index contributed by atoms with van der Waals surface area (Å²) >= 11 is 1.35. The number of benzene rings is 1. The van der Waals surface area contributed by atoms with E-state index in [2.05, 4.69) is 20.6 Å². The van der Waals surface area contributed by atoms with Gasteiger partial charge >= 0.3 is 0 Å². The summed E-state index contributed by atoms with van der Waals surface area (Å²) in [7, 11) is 0. The second-order valence-electron chi connectivity index (χ2n) is 6.68. The normalized spacial score (nSPS) is 12.0. The van der Waals surface area contributed by atoms with Crippen molar-refractivity contribution >= 4 is 28.3 Å². The van der Waals surface area contributed by atoms with Gasteiger partial charge < -0.3 is 15.6 Å². The van der Waals surface area contributed by atoms with E-state index in [-0.39, 0.29) is 17.7 Å². The van der Waals surface area contributed by atoms with Crippen molar-refractivity contribution < 1.29 is 9.59 Å². The molecular formula is C20H22N4O2S. The lowest BCUT2D eigenvalue weighted by atomic mass is 10.0. The molecule has 7 heteroatoms. The molecule has 0 aliphatic carbocycles. The third kappa shape index (κ3) is 4.62. The molecule has 3 aromatic rings. The van der Waals surface area contributed by atoms with E-state index >= 15 is 0 Å². The summed E-state index contributed by atoms with van der Waals surface area (Å²) in [6.07, 6.45) is 1.82. The topological polar surface area (TPSA) is 86.9 Å². The van der Waals surface area contributed by atoms with Gasteiger partial charge in [0.1, 0.15) is 6.04 Å². The number of nitrogens with zero attached hydrogens (tertiary/aromatic N) is 1. The van der Waals surface area contributed by atoms with E-state index in [1.165, 1.54) is 11.3 Å². The molecule has 1 atom stereocenters. The van der Waals surface area contributed by atoms with Crippen molar-refractivity contribution in [1.82, 2.24) is 15.3 Å². The zero-order valence-corrected chi connectivity index (χ0v) is 16.3. The highest BCUT2D eigenvalue weighted by atomic mass is 32.1. The van der Waals surface area contributed by atoms with Crippen LogP contribution in [0.4, 0.5) is 5.13 Å². The molecule has 0 unspecified atom stereocenters. The van der Waals surface area contributed by atoms with E-state index in [9.17, 15) is 9.59 Å². The molecule has 0 fully saturated rings. The van der Waals surface area contributed by atoms with E-state index in [4.69, 9.17) is 0 Å². The molecule has 2 aromatic heterocycles. The zero-order valence-electron chi connectivity index (χ0n) is 15.4. The average Bonchev–Trinajstić information content (AvgIpc) is 3.30. The first-order valence-corrected chi connectivity index (χ1v) is 9.59. The summed E-state index contributed by atoms with van der Waals surface area (Å²) in [5.74, 6) is -0.612. The van der Waals surface area contributed by atoms with Crippen molar-refractivity contribution in [3.63, 3.8) is 0 Å². The predicted molar refractivity (Wildman–Crippen MR) is 108 cm³/mol. The minimum absolute atomic E-state index is 0.0680. The Morgan fingerprint density at radius 2 is 2.00 bits per heavy atom. The molecule has 27 heavy (non-hydrogen) atoms. The Morgan fingerprint density at radius 3 is 2.67 bits per heavy atom. The van der Waals surface area contributed by atoms with E-state index in [0.717, 1.165) is 17.0 Å². The fourth-order valence-electron chi connectivity index (χ4n) is 2.67. The van der Waals surface area contributed by atoms with Gasteiger partial charge in [0, 0.05) is 17.1 Å². The van der Waals surface area contributed by atoms with E-state index in [1.807, 2.05) is 56.6 Å². The highest BCUT2D eigenvalue weighted by Gasteiger charge is 2.25. The molecule has 6 nitrogen and oxygen atoms in total. The van der Waals surface area contributed by atoms with Gasteiger partial charge in [-0.3, -0.25) is 9.59 Å². The summed E-state index contributed by atoms with van der Waals surface area (Å²) in [6, 6.07) is 10.4. The molecule has 3 N–H and O–H groups in total. The van der Waals surface area contributed by atoms with Crippen LogP contribution in [0.2, 0.25) is 0 Å². The third-order valence-corrected chi connectivity index (χ3v) is 4.88. The number of hydrogen-bond acceptors (Lipinski definition) is 4. The molecule has 1 aromatic carbocycles. The number of carbonyl (C=O) groups excluding carboxylic acids is 2. The number of nitrogens with one attached hydrogen (secondary N) is 3. The number of aromatic nitrogens is 2. The summed E-state index contributed by atoms with van der Waals surface area (Å²) in [5, 5.41) is 8.02. The number of thiazole rings is 1. The third-order valence-electron chi connectivity index (χ3n) is 4.12. The summed E-state index contributed by atoms with van der Waals surface area (Å²) in [5.41, 5.74) is 3.19. The Kier molecular flexibility index (Phi) is 5.71. The maximum absolute atomic E-state index is 12.7. The highest BCUT2D eigenvalue weighted by molar-refractivity contribution is 7.14. The van der Waals surface area contributed by atoms with Crippen LogP contribution in [0.15, 0.2) is 48.0 Å². The number of rotatable bonds is 6. The van der Waals surface area contributed by atoms with E-state index in [0.29, 0.717) is 10.7 Å². The van der Waals surface area contributed by atoms with Crippen LogP contribution >= 0.6 is 11.3 Å². The van der Waals surface area contributed by atoms with Crippen LogP contribution in [0, 0.1) is 12.8 Å². The first-order valence-electron chi connectivity index (χ1n) is 8.71. The van der Waals surface area contributed by atoms with Gasteiger partial charge in [0.2, 0.25) is 5.91 Å². The maximum Gasteiger partial charge on any atom is 0.251 e. The minimum atomic E-state index is -0.657. The molecule has 0 aliphatic rings. The Bertz CT molecular complexity index is 931. The van der Waals surface area contributed by atoms with Gasteiger partial charge in [-0.05, 0) is 37.1 Å². The largest absolute Gasteiger partial charge is 0.360 e. The molecule has 0 saturated heterocycles. The van der Waals surface area contributed by atoms with Crippen LogP contribution < -0.4 is 10.6 Å². The number of amides is 2. The second-order valence-corrected chi connectivity index (χ2v) is 7.53. The van der Waals surface area contributed by atoms with Crippen molar-refractivity contribution in [3.8, 4) is 11.4 Å². The van der Waals surface area contributed by atoms with Crippen LogP contribution in [-0.2, 0) is 4.79 Å². The summed E-state index contributed by atoms with van der Waals surface area (Å²) in [4.78, 5) is 32.7. The van der Waals surface area contributed by atoms with E-state index in [1.54, 1.807) is 12.1 Å². The first-order chi connectivity index (χ1) is 12.9. The first kappa shape index (κ1) is 18.8. The minimum Gasteiger partial charge on any atom is -0.360 e. The lowest BCUT2D eigenvalue weighted by Gasteiger charge is -2.21. The predicted octanol–water partition coefficient (Wildman–Crippen LogP) is 3.84. The Morgan fingerprint density at radius 1 is 1.19 bits per heavy atom. The number of aromatic amines is 1. The van der Waals surface area contributed by atoms with E-state index < -0.39 is 6.04 Å². The van der Waals surface area contributed by atoms with Crippen molar-refractivity contribution in [1.29, 1.82) is 0 Å². The van der Waals surface area contributed by atoms with Crippen molar-refractivity contribution in [2.45, 2.75) is 26.8 Å². The fourth-order valence-corrected chi connectivity index (χ4v) is 3.39. The van der Waals surface area contributed by atoms with Crippen LogP contribution in [0.25, 0.3) is 11.4 Å². The van der Waals surface area contributed by atoms with Crippen LogP contribution in [-0.4, -0.2) is 27.8 Å². The summed E-state index contributed by atoms with van der Waals surface area (Å²) < 4.78 is 0. The van der Waals surface area contributed by atoms with Gasteiger partial charge in [-0.15, -0.1) is 11.3 Å². The number of aryl methyl sites for hydroxylation is 1. The Labute approximate surface area is 162 Å². The van der Waals surface area contributed by atoms with Crippen LogP contribution in [0.5, 0.6) is 0 Å². The summed E-state index contributed by atoms with van der Waals surface area (Å²) in [6.45, 7) is 5.72. The molecule has 2 amide bonds. The zero-order chi connectivity index (χ0) is 19.4. The quantitative estimate of drug-likeness (QED) is 0.605. The smallest absolute Gasteiger partial charge is 0.251 e. The standard InChI is InChI=1S/C20H22N4O2S/c1-12(2)17(23-18(25)14-7-4-6-13(3)10-14)19(26)24-20-22-16(11-27-20)15-8-5-9-21-15/h4-12,17,21H,1-3H3,(H,23,25)(H,22,24,26)/t17-/m1/s1. The number of hydrogen-bond donors (Lipinski definition) is 3. The molecule has 0 spiro atoms. The SMILES string of the molecule is Cc1cccc(C(=O)N[C@@H](C(=O)Nc2nc(-c3ccc[nH]3)cs2)C(C)C)c1. The lowest BCUT2D eigenvalue weighted by Crippen LogP contribution is -2.47. The molecular weight excluding hydrogens is 360 g/mol. The average molecular weight is 382 g/mol. The van der Waals surface area contributed by atoms with Gasteiger partial charge in [0.05, 0.1) is 11.4 Å². The number of anilines is 1. The van der Waals surface area contributed by atoms with Gasteiger partial charge in [-0.1, -0.05) is 31.5 Å². The molecule has 0 aliphatic heterocycles. The fraction of sp³-hybridized carbons (Fsp3) is 0.250.